The van der Waals surface area contributed by atoms with Crippen molar-refractivity contribution < 1.29 is 14.4 Å². The molecular weight excluding hydrogens is 264 g/mol. The predicted octanol–water partition coefficient (Wildman–Crippen LogP) is 1.30. The molecule has 0 aliphatic carbocycles. The van der Waals surface area contributed by atoms with Gasteiger partial charge in [-0.3, -0.25) is 19.4 Å². The number of rotatable bonds is 2. The van der Waals surface area contributed by atoms with Crippen LogP contribution in [-0.2, 0) is 9.59 Å². The highest BCUT2D eigenvalue weighted by Gasteiger charge is 2.43. The lowest BCUT2D eigenvalue weighted by atomic mass is 10.0. The van der Waals surface area contributed by atoms with E-state index in [0.29, 0.717) is 0 Å². The standard InChI is InChI=1S/C13H12N2O3S/c1-14-11(16)12(17)15(13(14)18)6-8-7-19-10-5-3-2-4-9(8)10/h2-5,8H,6-7H2,1H3. The first-order valence-electron chi connectivity index (χ1n) is 5.95. The Balaban J connectivity index is 1.82. The summed E-state index contributed by atoms with van der Waals surface area (Å²) in [7, 11) is 1.33. The van der Waals surface area contributed by atoms with Crippen LogP contribution in [0, 0.1) is 0 Å². The van der Waals surface area contributed by atoms with Gasteiger partial charge in [-0.25, -0.2) is 4.79 Å². The molecule has 6 heteroatoms. The van der Waals surface area contributed by atoms with E-state index in [1.54, 1.807) is 11.8 Å². The van der Waals surface area contributed by atoms with Gasteiger partial charge in [0.1, 0.15) is 0 Å². The second-order valence-corrected chi connectivity index (χ2v) is 5.67. The first-order valence-corrected chi connectivity index (χ1v) is 6.93. The maximum absolute atomic E-state index is 11.8. The van der Waals surface area contributed by atoms with Gasteiger partial charge in [0, 0.05) is 30.2 Å². The van der Waals surface area contributed by atoms with Crippen molar-refractivity contribution in [2.24, 2.45) is 0 Å². The Hall–Kier alpha value is -1.82. The molecule has 0 N–H and O–H groups in total. The second-order valence-electron chi connectivity index (χ2n) is 4.61. The molecule has 5 nitrogen and oxygen atoms in total. The van der Waals surface area contributed by atoms with E-state index < -0.39 is 17.8 Å². The topological polar surface area (TPSA) is 57.7 Å². The average Bonchev–Trinajstić information content (AvgIpc) is 2.91. The minimum Gasteiger partial charge on any atom is -0.263 e. The summed E-state index contributed by atoms with van der Waals surface area (Å²) in [5.41, 5.74) is 1.15. The van der Waals surface area contributed by atoms with Crippen LogP contribution in [0.15, 0.2) is 29.2 Å². The van der Waals surface area contributed by atoms with Crippen LogP contribution in [0.4, 0.5) is 4.79 Å². The fourth-order valence-electron chi connectivity index (χ4n) is 2.38. The SMILES string of the molecule is CN1C(=O)C(=O)N(CC2CSc3ccccc32)C1=O. The van der Waals surface area contributed by atoms with E-state index in [1.165, 1.54) is 11.9 Å². The highest BCUT2D eigenvalue weighted by molar-refractivity contribution is 7.99. The van der Waals surface area contributed by atoms with Crippen molar-refractivity contribution in [2.75, 3.05) is 19.3 Å². The molecule has 2 aliphatic rings. The second kappa shape index (κ2) is 4.38. The number of imide groups is 2. The zero-order chi connectivity index (χ0) is 13.6. The number of carbonyl (C=O) groups is 3. The van der Waals surface area contributed by atoms with E-state index in [0.717, 1.165) is 21.1 Å². The van der Waals surface area contributed by atoms with Gasteiger partial charge in [-0.15, -0.1) is 11.8 Å². The van der Waals surface area contributed by atoms with Crippen LogP contribution < -0.4 is 0 Å². The maximum atomic E-state index is 11.8. The van der Waals surface area contributed by atoms with E-state index in [4.69, 9.17) is 0 Å². The lowest BCUT2D eigenvalue weighted by Gasteiger charge is -2.17. The van der Waals surface area contributed by atoms with Crippen molar-refractivity contribution in [3.63, 3.8) is 0 Å². The van der Waals surface area contributed by atoms with Gasteiger partial charge >= 0.3 is 17.8 Å². The summed E-state index contributed by atoms with van der Waals surface area (Å²) in [6.07, 6.45) is 0. The minimum absolute atomic E-state index is 0.105. The number of thioether (sulfide) groups is 1. The molecule has 2 heterocycles. The van der Waals surface area contributed by atoms with Crippen molar-refractivity contribution in [3.8, 4) is 0 Å². The van der Waals surface area contributed by atoms with Gasteiger partial charge < -0.3 is 0 Å². The van der Waals surface area contributed by atoms with Gasteiger partial charge in [-0.1, -0.05) is 18.2 Å². The number of hydrogen-bond donors (Lipinski definition) is 0. The highest BCUT2D eigenvalue weighted by Crippen LogP contribution is 2.39. The molecule has 3 rings (SSSR count). The number of urea groups is 1. The molecule has 0 bridgehead atoms. The van der Waals surface area contributed by atoms with Crippen molar-refractivity contribution in [3.05, 3.63) is 29.8 Å². The average molecular weight is 276 g/mol. The van der Waals surface area contributed by atoms with Gasteiger partial charge in [-0.2, -0.15) is 0 Å². The van der Waals surface area contributed by atoms with E-state index in [1.807, 2.05) is 24.3 Å². The molecule has 1 saturated heterocycles. The van der Waals surface area contributed by atoms with Gasteiger partial charge in [-0.05, 0) is 11.6 Å². The summed E-state index contributed by atoms with van der Waals surface area (Å²) in [6.45, 7) is 0.276. The molecule has 19 heavy (non-hydrogen) atoms. The van der Waals surface area contributed by atoms with Gasteiger partial charge in [0.2, 0.25) is 0 Å². The molecule has 0 aromatic heterocycles. The van der Waals surface area contributed by atoms with Gasteiger partial charge in [0.05, 0.1) is 0 Å². The van der Waals surface area contributed by atoms with E-state index >= 15 is 0 Å². The molecule has 1 aromatic rings. The molecule has 1 unspecified atom stereocenters. The zero-order valence-corrected chi connectivity index (χ0v) is 11.1. The third kappa shape index (κ3) is 1.83. The lowest BCUT2D eigenvalue weighted by molar-refractivity contribution is -0.142. The van der Waals surface area contributed by atoms with Crippen LogP contribution in [0.3, 0.4) is 0 Å². The van der Waals surface area contributed by atoms with Crippen molar-refractivity contribution in [2.45, 2.75) is 10.8 Å². The first kappa shape index (κ1) is 12.2. The molecule has 0 spiro atoms. The fourth-order valence-corrected chi connectivity index (χ4v) is 3.62. The first-order chi connectivity index (χ1) is 9.09. The van der Waals surface area contributed by atoms with Crippen molar-refractivity contribution in [1.82, 2.24) is 9.80 Å². The number of fused-ring (bicyclic) bond motifs is 1. The number of hydrogen-bond acceptors (Lipinski definition) is 4. The van der Waals surface area contributed by atoms with Crippen molar-refractivity contribution in [1.29, 1.82) is 0 Å². The third-order valence-corrected chi connectivity index (χ3v) is 4.70. The van der Waals surface area contributed by atoms with Crippen LogP contribution in [0.25, 0.3) is 0 Å². The quantitative estimate of drug-likeness (QED) is 0.603. The smallest absolute Gasteiger partial charge is 0.263 e. The molecule has 1 fully saturated rings. The molecule has 0 radical (unpaired) electrons. The summed E-state index contributed by atoms with van der Waals surface area (Å²) in [5, 5.41) is 0. The van der Waals surface area contributed by atoms with E-state index in [2.05, 4.69) is 0 Å². The Bertz CT molecular complexity index is 587. The molecule has 4 amide bonds. The van der Waals surface area contributed by atoms with Crippen LogP contribution >= 0.6 is 11.8 Å². The van der Waals surface area contributed by atoms with Crippen molar-refractivity contribution >= 4 is 29.6 Å². The number of likely N-dealkylation sites (N-methyl/N-ethyl adjacent to an activating group) is 1. The Labute approximate surface area is 114 Å². The van der Waals surface area contributed by atoms with Crippen LogP contribution in [0.2, 0.25) is 0 Å². The monoisotopic (exact) mass is 276 g/mol. The maximum Gasteiger partial charge on any atom is 0.333 e. The molecule has 2 aliphatic heterocycles. The van der Waals surface area contributed by atoms with E-state index in [-0.39, 0.29) is 12.5 Å². The molecule has 1 atom stereocenters. The minimum atomic E-state index is -0.746. The fraction of sp³-hybridized carbons (Fsp3) is 0.308. The molecular formula is C13H12N2O3S. The Morgan fingerprint density at radius 1 is 1.21 bits per heavy atom. The number of nitrogens with zero attached hydrogens (tertiary/aromatic N) is 2. The molecule has 1 aromatic carbocycles. The molecule has 0 saturated carbocycles. The highest BCUT2D eigenvalue weighted by atomic mass is 32.2. The zero-order valence-electron chi connectivity index (χ0n) is 10.3. The largest absolute Gasteiger partial charge is 0.333 e. The number of benzene rings is 1. The Kier molecular flexibility index (Phi) is 2.82. The summed E-state index contributed by atoms with van der Waals surface area (Å²) in [6, 6.07) is 7.44. The number of carbonyl (C=O) groups excluding carboxylic acids is 3. The van der Waals surface area contributed by atoms with Crippen LogP contribution in [-0.4, -0.2) is 47.0 Å². The van der Waals surface area contributed by atoms with Gasteiger partial charge in [0.25, 0.3) is 0 Å². The predicted molar refractivity (Wildman–Crippen MR) is 69.8 cm³/mol. The van der Waals surface area contributed by atoms with E-state index in [9.17, 15) is 14.4 Å². The summed E-state index contributed by atoms with van der Waals surface area (Å²) in [5.74, 6) is -0.534. The summed E-state index contributed by atoms with van der Waals surface area (Å²) in [4.78, 5) is 38.1. The third-order valence-electron chi connectivity index (χ3n) is 3.45. The normalized spacial score (nSPS) is 22.4. The summed E-state index contributed by atoms with van der Waals surface area (Å²) < 4.78 is 0. The van der Waals surface area contributed by atoms with Crippen LogP contribution in [0.5, 0.6) is 0 Å². The van der Waals surface area contributed by atoms with Gasteiger partial charge in [0.15, 0.2) is 0 Å². The Morgan fingerprint density at radius 3 is 2.63 bits per heavy atom. The Morgan fingerprint density at radius 2 is 1.95 bits per heavy atom. The van der Waals surface area contributed by atoms with Crippen LogP contribution in [0.1, 0.15) is 11.5 Å². The molecule has 98 valence electrons. The lowest BCUT2D eigenvalue weighted by Crippen LogP contribution is -2.35. The summed E-state index contributed by atoms with van der Waals surface area (Å²) >= 11 is 1.72. The number of amides is 4.